The van der Waals surface area contributed by atoms with Gasteiger partial charge in [0.15, 0.2) is 0 Å². The van der Waals surface area contributed by atoms with Gasteiger partial charge in [-0.15, -0.1) is 0 Å². The Bertz CT molecular complexity index is 862. The van der Waals surface area contributed by atoms with Crippen LogP contribution in [0.25, 0.3) is 0 Å². The Kier molecular flexibility index (Phi) is 8.97. The van der Waals surface area contributed by atoms with Crippen molar-refractivity contribution in [2.24, 2.45) is 13.0 Å². The summed E-state index contributed by atoms with van der Waals surface area (Å²) in [5.41, 5.74) is 1.69. The highest BCUT2D eigenvalue weighted by Gasteiger charge is 2.25. The lowest BCUT2D eigenvalue weighted by molar-refractivity contribution is -0.133. The van der Waals surface area contributed by atoms with Crippen molar-refractivity contribution in [1.82, 2.24) is 14.4 Å². The van der Waals surface area contributed by atoms with E-state index in [1.807, 2.05) is 60.8 Å². The molecule has 2 aromatic rings. The molecular weight excluding hydrogens is 392 g/mol. The van der Waals surface area contributed by atoms with Crippen molar-refractivity contribution in [3.05, 3.63) is 48.3 Å². The molecular formula is C24H36N4O3. The molecule has 1 aromatic carbocycles. The molecule has 0 saturated heterocycles. The number of hydrogen-bond donors (Lipinski definition) is 1. The predicted octanol–water partition coefficient (Wildman–Crippen LogP) is 4.35. The Hall–Kier alpha value is -2.96. The van der Waals surface area contributed by atoms with Crippen LogP contribution in [0.2, 0.25) is 0 Å². The molecule has 7 heteroatoms. The summed E-state index contributed by atoms with van der Waals surface area (Å²) >= 11 is 0. The maximum absolute atomic E-state index is 13.3. The van der Waals surface area contributed by atoms with Gasteiger partial charge in [0.05, 0.1) is 13.7 Å². The first-order valence-electron chi connectivity index (χ1n) is 10.8. The molecule has 0 aliphatic heterocycles. The number of aromatic nitrogens is 1. The van der Waals surface area contributed by atoms with Crippen molar-refractivity contribution in [3.63, 3.8) is 0 Å². The number of methoxy groups -OCH3 is 1. The number of aryl methyl sites for hydroxylation is 1. The number of rotatable bonds is 10. The third kappa shape index (κ3) is 7.05. The van der Waals surface area contributed by atoms with Crippen molar-refractivity contribution in [3.8, 4) is 5.75 Å². The third-order valence-corrected chi connectivity index (χ3v) is 5.35. The van der Waals surface area contributed by atoms with Crippen LogP contribution in [-0.2, 0) is 18.4 Å². The fraction of sp³-hybridized carbons (Fsp3) is 0.500. The highest BCUT2D eigenvalue weighted by Crippen LogP contribution is 2.18. The van der Waals surface area contributed by atoms with Gasteiger partial charge >= 0.3 is 6.03 Å². The average molecular weight is 429 g/mol. The molecule has 1 unspecified atom stereocenters. The van der Waals surface area contributed by atoms with Gasteiger partial charge in [-0.25, -0.2) is 4.79 Å². The molecule has 0 aliphatic rings. The summed E-state index contributed by atoms with van der Waals surface area (Å²) in [6.45, 7) is 9.34. The SMILES string of the molecule is CCC(C)N(CC(=O)N(Cc1cccn1C)CC(C)C)C(=O)Nc1cccc(OC)c1. The van der Waals surface area contributed by atoms with Crippen molar-refractivity contribution in [2.75, 3.05) is 25.5 Å². The number of ether oxygens (including phenoxy) is 1. The van der Waals surface area contributed by atoms with E-state index >= 15 is 0 Å². The second-order valence-electron chi connectivity index (χ2n) is 8.33. The van der Waals surface area contributed by atoms with Crippen LogP contribution >= 0.6 is 0 Å². The Morgan fingerprint density at radius 2 is 1.90 bits per heavy atom. The summed E-state index contributed by atoms with van der Waals surface area (Å²) in [7, 11) is 3.56. The van der Waals surface area contributed by atoms with Crippen molar-refractivity contribution >= 4 is 17.6 Å². The largest absolute Gasteiger partial charge is 0.497 e. The van der Waals surface area contributed by atoms with Gasteiger partial charge in [0, 0.05) is 43.3 Å². The summed E-state index contributed by atoms with van der Waals surface area (Å²) in [5, 5.41) is 2.90. The molecule has 0 saturated carbocycles. The highest BCUT2D eigenvalue weighted by atomic mass is 16.5. The Morgan fingerprint density at radius 1 is 1.16 bits per heavy atom. The summed E-state index contributed by atoms with van der Waals surface area (Å²) in [6.07, 6.45) is 2.72. The minimum absolute atomic E-state index is 0.0297. The van der Waals surface area contributed by atoms with E-state index in [1.165, 1.54) is 0 Å². The second-order valence-corrected chi connectivity index (χ2v) is 8.33. The number of carbonyl (C=O) groups is 2. The molecule has 3 amide bonds. The Morgan fingerprint density at radius 3 is 2.48 bits per heavy atom. The number of anilines is 1. The summed E-state index contributed by atoms with van der Waals surface area (Å²) in [4.78, 5) is 29.8. The molecule has 0 aliphatic carbocycles. The van der Waals surface area contributed by atoms with Crippen LogP contribution in [0.1, 0.15) is 39.8 Å². The van der Waals surface area contributed by atoms with E-state index in [0.717, 1.165) is 12.1 Å². The molecule has 2 rings (SSSR count). The number of nitrogens with zero attached hydrogens (tertiary/aromatic N) is 3. The van der Waals surface area contributed by atoms with Gasteiger partial charge in [0.25, 0.3) is 0 Å². The Labute approximate surface area is 186 Å². The quantitative estimate of drug-likeness (QED) is 0.612. The van der Waals surface area contributed by atoms with E-state index < -0.39 is 0 Å². The van der Waals surface area contributed by atoms with Crippen LogP contribution in [-0.4, -0.2) is 52.5 Å². The van der Waals surface area contributed by atoms with Crippen molar-refractivity contribution in [1.29, 1.82) is 0 Å². The van der Waals surface area contributed by atoms with E-state index in [9.17, 15) is 9.59 Å². The van der Waals surface area contributed by atoms with Gasteiger partial charge in [-0.05, 0) is 43.5 Å². The van der Waals surface area contributed by atoms with E-state index in [-0.39, 0.29) is 24.5 Å². The third-order valence-electron chi connectivity index (χ3n) is 5.35. The molecule has 1 N–H and O–H groups in total. The first-order valence-corrected chi connectivity index (χ1v) is 10.8. The van der Waals surface area contributed by atoms with E-state index in [1.54, 1.807) is 24.1 Å². The molecule has 7 nitrogen and oxygen atoms in total. The first kappa shape index (κ1) is 24.3. The van der Waals surface area contributed by atoms with E-state index in [0.29, 0.717) is 30.4 Å². The number of nitrogens with one attached hydrogen (secondary N) is 1. The lowest BCUT2D eigenvalue weighted by Gasteiger charge is -2.32. The standard InChI is InChI=1S/C24H36N4O3/c1-7-19(4)28(24(30)25-20-10-8-12-22(14-20)31-6)17-23(29)27(15-18(2)3)16-21-11-9-13-26(21)5/h8-14,18-19H,7,15-17H2,1-6H3,(H,25,30). The smallest absolute Gasteiger partial charge is 0.322 e. The Balaban J connectivity index is 2.16. The summed E-state index contributed by atoms with van der Waals surface area (Å²) in [5.74, 6) is 0.928. The zero-order chi connectivity index (χ0) is 23.0. The van der Waals surface area contributed by atoms with Crippen LogP contribution in [0.5, 0.6) is 5.75 Å². The lowest BCUT2D eigenvalue weighted by atomic mass is 10.2. The number of urea groups is 1. The summed E-state index contributed by atoms with van der Waals surface area (Å²) in [6, 6.07) is 10.8. The topological polar surface area (TPSA) is 66.8 Å². The number of carbonyl (C=O) groups excluding carboxylic acids is 2. The number of hydrogen-bond acceptors (Lipinski definition) is 3. The lowest BCUT2D eigenvalue weighted by Crippen LogP contribution is -2.48. The van der Waals surface area contributed by atoms with Crippen LogP contribution < -0.4 is 10.1 Å². The van der Waals surface area contributed by atoms with Crippen molar-refractivity contribution in [2.45, 2.75) is 46.7 Å². The van der Waals surface area contributed by atoms with Crippen LogP contribution in [0, 0.1) is 5.92 Å². The molecule has 1 heterocycles. The maximum Gasteiger partial charge on any atom is 0.322 e. The first-order chi connectivity index (χ1) is 14.7. The van der Waals surface area contributed by atoms with Gasteiger partial charge < -0.3 is 24.4 Å². The predicted molar refractivity (Wildman–Crippen MR) is 124 cm³/mol. The van der Waals surface area contributed by atoms with E-state index in [2.05, 4.69) is 19.2 Å². The fourth-order valence-corrected chi connectivity index (χ4v) is 3.34. The summed E-state index contributed by atoms with van der Waals surface area (Å²) < 4.78 is 7.25. The minimum Gasteiger partial charge on any atom is -0.497 e. The van der Waals surface area contributed by atoms with Gasteiger partial charge in [0.1, 0.15) is 12.3 Å². The van der Waals surface area contributed by atoms with Crippen LogP contribution in [0.15, 0.2) is 42.6 Å². The molecule has 0 spiro atoms. The fourth-order valence-electron chi connectivity index (χ4n) is 3.34. The average Bonchev–Trinajstić information content (AvgIpc) is 3.14. The van der Waals surface area contributed by atoms with E-state index in [4.69, 9.17) is 4.74 Å². The van der Waals surface area contributed by atoms with Gasteiger partial charge in [0.2, 0.25) is 5.91 Å². The monoisotopic (exact) mass is 428 g/mol. The molecule has 31 heavy (non-hydrogen) atoms. The van der Waals surface area contributed by atoms with Crippen molar-refractivity contribution < 1.29 is 14.3 Å². The minimum atomic E-state index is -0.292. The number of benzene rings is 1. The molecule has 1 atom stereocenters. The van der Waals surface area contributed by atoms with Gasteiger partial charge in [-0.3, -0.25) is 4.79 Å². The number of amides is 3. The zero-order valence-corrected chi connectivity index (χ0v) is 19.6. The molecule has 0 fully saturated rings. The second kappa shape index (κ2) is 11.4. The van der Waals surface area contributed by atoms with Gasteiger partial charge in [-0.2, -0.15) is 0 Å². The van der Waals surface area contributed by atoms with Gasteiger partial charge in [-0.1, -0.05) is 26.8 Å². The molecule has 1 aromatic heterocycles. The maximum atomic E-state index is 13.3. The molecule has 0 radical (unpaired) electrons. The normalized spacial score (nSPS) is 11.8. The van der Waals surface area contributed by atoms with Crippen LogP contribution in [0.4, 0.5) is 10.5 Å². The molecule has 0 bridgehead atoms. The highest BCUT2D eigenvalue weighted by molar-refractivity contribution is 5.92. The molecule has 170 valence electrons. The zero-order valence-electron chi connectivity index (χ0n) is 19.6. The van der Waals surface area contributed by atoms with Crippen LogP contribution in [0.3, 0.4) is 0 Å².